The van der Waals surface area contributed by atoms with Crippen LogP contribution in [0.15, 0.2) is 12.0 Å². The monoisotopic (exact) mass is 101 g/mol. The molecule has 0 bridgehead atoms. The van der Waals surface area contributed by atoms with E-state index in [0.29, 0.717) is 5.76 Å². The number of ether oxygens (including phenoxy) is 1. The van der Waals surface area contributed by atoms with Gasteiger partial charge >= 0.3 is 0 Å². The van der Waals surface area contributed by atoms with Crippen molar-refractivity contribution in [2.75, 3.05) is 0 Å². The first-order chi connectivity index (χ1) is 3.29. The topological polar surface area (TPSA) is 41.5 Å². The average molecular weight is 101 g/mol. The molecule has 0 fully saturated rings. The van der Waals surface area contributed by atoms with Crippen LogP contribution in [-0.4, -0.2) is 11.5 Å². The van der Waals surface area contributed by atoms with E-state index in [4.69, 9.17) is 5.11 Å². The molecule has 1 heterocycles. The second kappa shape index (κ2) is 1.42. The minimum Gasteiger partial charge on any atom is -0.450 e. The lowest BCUT2D eigenvalue weighted by Crippen LogP contribution is -2.19. The fraction of sp³-hybridized carbons (Fsp3) is 0.500. The van der Waals surface area contributed by atoms with Crippen molar-refractivity contribution < 1.29 is 9.84 Å². The second-order valence-electron chi connectivity index (χ2n) is 1.39. The Morgan fingerprint density at radius 1 is 2.00 bits per heavy atom. The highest BCUT2D eigenvalue weighted by Gasteiger charge is 2.07. The number of aliphatic hydroxyl groups is 1. The highest BCUT2D eigenvalue weighted by atomic mass is 16.6. The zero-order chi connectivity index (χ0) is 5.28. The third kappa shape index (κ3) is 0.838. The zero-order valence-electron chi connectivity index (χ0n) is 4.01. The van der Waals surface area contributed by atoms with Crippen molar-refractivity contribution >= 4 is 0 Å². The van der Waals surface area contributed by atoms with Crippen LogP contribution in [0.3, 0.4) is 0 Å². The highest BCUT2D eigenvalue weighted by molar-refractivity contribution is 4.91. The molecule has 0 spiro atoms. The van der Waals surface area contributed by atoms with Crippen LogP contribution >= 0.6 is 0 Å². The fourth-order valence-corrected chi connectivity index (χ4v) is 0.433. The summed E-state index contributed by atoms with van der Waals surface area (Å²) in [5.74, 6) is 0.715. The Morgan fingerprint density at radius 2 is 2.71 bits per heavy atom. The summed E-state index contributed by atoms with van der Waals surface area (Å²) in [6.07, 6.45) is 0.796. The standard InChI is InChI=1S/C4H7NO2/c1-3-2-5-4(6)7-3/h2,4-6H,1H3. The molecule has 1 rings (SSSR count). The first-order valence-corrected chi connectivity index (χ1v) is 2.06. The van der Waals surface area contributed by atoms with Gasteiger partial charge in [-0.2, -0.15) is 0 Å². The van der Waals surface area contributed by atoms with Gasteiger partial charge in [-0.3, -0.25) is 0 Å². The van der Waals surface area contributed by atoms with Gasteiger partial charge in [-0.1, -0.05) is 0 Å². The average Bonchev–Trinajstić information content (AvgIpc) is 1.87. The van der Waals surface area contributed by atoms with Crippen molar-refractivity contribution in [3.63, 3.8) is 0 Å². The molecule has 40 valence electrons. The lowest BCUT2D eigenvalue weighted by molar-refractivity contribution is -0.0596. The van der Waals surface area contributed by atoms with Gasteiger partial charge in [0.05, 0.1) is 0 Å². The molecular formula is C4H7NO2. The summed E-state index contributed by atoms with van der Waals surface area (Å²) < 4.78 is 4.67. The van der Waals surface area contributed by atoms with Crippen molar-refractivity contribution in [1.29, 1.82) is 0 Å². The van der Waals surface area contributed by atoms with Gasteiger partial charge in [0.25, 0.3) is 6.41 Å². The minimum atomic E-state index is -0.819. The third-order valence-corrected chi connectivity index (χ3v) is 0.727. The number of allylic oxidation sites excluding steroid dienone is 1. The predicted molar refractivity (Wildman–Crippen MR) is 24.0 cm³/mol. The van der Waals surface area contributed by atoms with E-state index in [9.17, 15) is 0 Å². The normalized spacial score (nSPS) is 28.3. The van der Waals surface area contributed by atoms with Gasteiger partial charge in [0, 0.05) is 6.20 Å². The third-order valence-electron chi connectivity index (χ3n) is 0.727. The Kier molecular flexibility index (Phi) is 0.906. The Bertz CT molecular complexity index is 99.9. The van der Waals surface area contributed by atoms with Gasteiger partial charge in [0.1, 0.15) is 5.76 Å². The Morgan fingerprint density at radius 3 is 2.86 bits per heavy atom. The first-order valence-electron chi connectivity index (χ1n) is 2.06. The molecule has 0 aromatic heterocycles. The number of rotatable bonds is 0. The van der Waals surface area contributed by atoms with Gasteiger partial charge in [0.15, 0.2) is 0 Å². The van der Waals surface area contributed by atoms with Crippen LogP contribution in [0.1, 0.15) is 6.92 Å². The van der Waals surface area contributed by atoms with Crippen LogP contribution in [0.25, 0.3) is 0 Å². The van der Waals surface area contributed by atoms with E-state index < -0.39 is 6.41 Å². The quantitative estimate of drug-likeness (QED) is 0.442. The van der Waals surface area contributed by atoms with Crippen LogP contribution < -0.4 is 5.32 Å². The molecule has 0 aromatic rings. The van der Waals surface area contributed by atoms with Gasteiger partial charge in [-0.05, 0) is 6.92 Å². The molecule has 3 heteroatoms. The molecule has 0 aliphatic carbocycles. The maximum absolute atomic E-state index is 8.51. The van der Waals surface area contributed by atoms with E-state index >= 15 is 0 Å². The maximum Gasteiger partial charge on any atom is 0.278 e. The zero-order valence-corrected chi connectivity index (χ0v) is 4.01. The minimum absolute atomic E-state index is 0.715. The van der Waals surface area contributed by atoms with E-state index in [0.717, 1.165) is 0 Å². The summed E-state index contributed by atoms with van der Waals surface area (Å²) in [6.45, 7) is 1.77. The number of hydrogen-bond donors (Lipinski definition) is 2. The summed E-state index contributed by atoms with van der Waals surface area (Å²) in [4.78, 5) is 0. The van der Waals surface area contributed by atoms with Gasteiger partial charge in [0.2, 0.25) is 0 Å². The molecule has 7 heavy (non-hydrogen) atoms. The summed E-state index contributed by atoms with van der Waals surface area (Å²) in [6, 6.07) is 0. The van der Waals surface area contributed by atoms with Crippen molar-refractivity contribution in [3.05, 3.63) is 12.0 Å². The molecule has 1 atom stereocenters. The van der Waals surface area contributed by atoms with E-state index in [-0.39, 0.29) is 0 Å². The van der Waals surface area contributed by atoms with E-state index in [1.165, 1.54) is 0 Å². The number of aliphatic hydroxyl groups excluding tert-OH is 1. The van der Waals surface area contributed by atoms with E-state index in [2.05, 4.69) is 10.1 Å². The van der Waals surface area contributed by atoms with Crippen molar-refractivity contribution in [1.82, 2.24) is 5.32 Å². The van der Waals surface area contributed by atoms with Crippen molar-refractivity contribution in [3.8, 4) is 0 Å². The Balaban J connectivity index is 2.42. The van der Waals surface area contributed by atoms with Gasteiger partial charge < -0.3 is 15.2 Å². The molecule has 1 aliphatic rings. The molecular weight excluding hydrogens is 94.0 g/mol. The Labute approximate surface area is 41.6 Å². The van der Waals surface area contributed by atoms with Crippen LogP contribution in [0.2, 0.25) is 0 Å². The maximum atomic E-state index is 8.51. The van der Waals surface area contributed by atoms with Crippen LogP contribution in [0, 0.1) is 0 Å². The summed E-state index contributed by atoms with van der Waals surface area (Å²) in [5.41, 5.74) is 0. The smallest absolute Gasteiger partial charge is 0.278 e. The molecule has 1 unspecified atom stereocenters. The Hall–Kier alpha value is -0.700. The lowest BCUT2D eigenvalue weighted by atomic mass is 10.6. The van der Waals surface area contributed by atoms with E-state index in [1.807, 2.05) is 0 Å². The highest BCUT2D eigenvalue weighted by Crippen LogP contribution is 2.02. The predicted octanol–water partition coefficient (Wildman–Crippen LogP) is -0.257. The molecule has 1 aliphatic heterocycles. The number of nitrogens with one attached hydrogen (secondary N) is 1. The fourth-order valence-electron chi connectivity index (χ4n) is 0.433. The molecule has 0 radical (unpaired) electrons. The summed E-state index contributed by atoms with van der Waals surface area (Å²) >= 11 is 0. The number of hydrogen-bond acceptors (Lipinski definition) is 3. The SMILES string of the molecule is CC1=CNC(O)O1. The largest absolute Gasteiger partial charge is 0.450 e. The summed E-state index contributed by atoms with van der Waals surface area (Å²) in [7, 11) is 0. The van der Waals surface area contributed by atoms with Crippen molar-refractivity contribution in [2.24, 2.45) is 0 Å². The van der Waals surface area contributed by atoms with E-state index in [1.54, 1.807) is 13.1 Å². The van der Waals surface area contributed by atoms with Crippen LogP contribution in [0.5, 0.6) is 0 Å². The molecule has 2 N–H and O–H groups in total. The molecule has 0 aromatic carbocycles. The lowest BCUT2D eigenvalue weighted by Gasteiger charge is -2.00. The van der Waals surface area contributed by atoms with Crippen LogP contribution in [0.4, 0.5) is 0 Å². The second-order valence-corrected chi connectivity index (χ2v) is 1.39. The molecule has 3 nitrogen and oxygen atoms in total. The molecule has 0 saturated heterocycles. The van der Waals surface area contributed by atoms with Gasteiger partial charge in [-0.25, -0.2) is 0 Å². The molecule has 0 saturated carbocycles. The van der Waals surface area contributed by atoms with Gasteiger partial charge in [-0.15, -0.1) is 0 Å². The molecule has 0 amide bonds. The van der Waals surface area contributed by atoms with Crippen molar-refractivity contribution in [2.45, 2.75) is 13.3 Å². The van der Waals surface area contributed by atoms with Crippen LogP contribution in [-0.2, 0) is 4.74 Å². The first kappa shape index (κ1) is 4.46. The summed E-state index contributed by atoms with van der Waals surface area (Å²) in [5, 5.41) is 11.1.